The number of nitrogens with zero attached hydrogens (tertiary/aromatic N) is 1. The molecule has 0 saturated carbocycles. The molecule has 1 atom stereocenters. The average Bonchev–Trinajstić information content (AvgIpc) is 3.49. The fraction of sp³-hybridized carbons (Fsp3) is 0.280. The van der Waals surface area contributed by atoms with Crippen LogP contribution in [0.2, 0.25) is 0 Å². The maximum Gasteiger partial charge on any atom is 0.407 e. The topological polar surface area (TPSA) is 131 Å². The van der Waals surface area contributed by atoms with Crippen LogP contribution in [0.4, 0.5) is 4.79 Å². The molecule has 176 valence electrons. The number of hydrogen-bond donors (Lipinski definition) is 3. The van der Waals surface area contributed by atoms with Crippen molar-refractivity contribution >= 4 is 18.0 Å². The van der Waals surface area contributed by atoms with Gasteiger partial charge in [0.1, 0.15) is 18.9 Å². The Kier molecular flexibility index (Phi) is 7.22. The van der Waals surface area contributed by atoms with Crippen LogP contribution in [0.5, 0.6) is 0 Å². The monoisotopic (exact) mass is 463 g/mol. The Bertz CT molecular complexity index is 1120. The summed E-state index contributed by atoms with van der Waals surface area (Å²) in [4.78, 5) is 39.5. The SMILES string of the molecule is O=C(N[C@@H](CCCCNC(=O)c1cocn1)C(=O)O)OCC1c2ccccc2-c2ccccc21. The van der Waals surface area contributed by atoms with Crippen molar-refractivity contribution in [2.45, 2.75) is 31.2 Å². The minimum Gasteiger partial charge on any atom is -0.480 e. The number of unbranched alkanes of at least 4 members (excludes halogenated alkanes) is 1. The number of carbonyl (C=O) groups is 3. The van der Waals surface area contributed by atoms with Gasteiger partial charge >= 0.3 is 12.1 Å². The normalized spacial score (nSPS) is 12.9. The van der Waals surface area contributed by atoms with Gasteiger partial charge in [-0.2, -0.15) is 0 Å². The lowest BCUT2D eigenvalue weighted by Gasteiger charge is -2.17. The zero-order valence-corrected chi connectivity index (χ0v) is 18.4. The van der Waals surface area contributed by atoms with Gasteiger partial charge in [0.15, 0.2) is 12.1 Å². The van der Waals surface area contributed by atoms with Gasteiger partial charge in [-0.25, -0.2) is 14.6 Å². The van der Waals surface area contributed by atoms with Crippen LogP contribution in [0, 0.1) is 0 Å². The van der Waals surface area contributed by atoms with Gasteiger partial charge in [-0.3, -0.25) is 4.79 Å². The molecule has 0 radical (unpaired) electrons. The van der Waals surface area contributed by atoms with Crippen LogP contribution >= 0.6 is 0 Å². The third kappa shape index (κ3) is 5.25. The Morgan fingerprint density at radius 1 is 1.03 bits per heavy atom. The summed E-state index contributed by atoms with van der Waals surface area (Å²) in [6, 6.07) is 14.9. The maximum atomic E-state index is 12.4. The zero-order chi connectivity index (χ0) is 23.9. The van der Waals surface area contributed by atoms with Crippen molar-refractivity contribution in [3.05, 3.63) is 78.0 Å². The van der Waals surface area contributed by atoms with E-state index in [1.165, 1.54) is 12.7 Å². The van der Waals surface area contributed by atoms with Crippen molar-refractivity contribution in [1.82, 2.24) is 15.6 Å². The molecule has 0 bridgehead atoms. The molecule has 9 heteroatoms. The third-order valence-electron chi connectivity index (χ3n) is 5.80. The van der Waals surface area contributed by atoms with Crippen LogP contribution < -0.4 is 10.6 Å². The Morgan fingerprint density at radius 3 is 2.32 bits per heavy atom. The smallest absolute Gasteiger partial charge is 0.407 e. The highest BCUT2D eigenvalue weighted by Gasteiger charge is 2.29. The van der Waals surface area contributed by atoms with Crippen molar-refractivity contribution in [1.29, 1.82) is 0 Å². The number of aromatic nitrogens is 1. The first kappa shape index (κ1) is 23.0. The molecule has 1 heterocycles. The van der Waals surface area contributed by atoms with E-state index < -0.39 is 18.1 Å². The lowest BCUT2D eigenvalue weighted by Crippen LogP contribution is -2.41. The van der Waals surface area contributed by atoms with Gasteiger partial charge in [0.2, 0.25) is 0 Å². The summed E-state index contributed by atoms with van der Waals surface area (Å²) in [6.45, 7) is 0.462. The number of nitrogens with one attached hydrogen (secondary N) is 2. The lowest BCUT2D eigenvalue weighted by molar-refractivity contribution is -0.139. The van der Waals surface area contributed by atoms with Crippen molar-refractivity contribution in [3.63, 3.8) is 0 Å². The quantitative estimate of drug-likeness (QED) is 0.392. The lowest BCUT2D eigenvalue weighted by atomic mass is 9.98. The Morgan fingerprint density at radius 2 is 1.71 bits per heavy atom. The fourth-order valence-corrected chi connectivity index (χ4v) is 4.13. The van der Waals surface area contributed by atoms with Gasteiger partial charge in [0.25, 0.3) is 5.91 Å². The molecular weight excluding hydrogens is 438 g/mol. The van der Waals surface area contributed by atoms with Gasteiger partial charge in [-0.05, 0) is 41.5 Å². The molecule has 1 aliphatic carbocycles. The Hall–Kier alpha value is -4.14. The van der Waals surface area contributed by atoms with Crippen molar-refractivity contribution < 1.29 is 28.6 Å². The van der Waals surface area contributed by atoms with Gasteiger partial charge in [-0.1, -0.05) is 48.5 Å². The number of rotatable bonds is 10. The molecule has 3 aromatic rings. The highest BCUT2D eigenvalue weighted by atomic mass is 16.5. The fourth-order valence-electron chi connectivity index (χ4n) is 4.13. The Labute approximate surface area is 196 Å². The van der Waals surface area contributed by atoms with Crippen molar-refractivity contribution in [2.75, 3.05) is 13.2 Å². The second-order valence-electron chi connectivity index (χ2n) is 7.99. The number of ether oxygens (including phenoxy) is 1. The van der Waals surface area contributed by atoms with Gasteiger partial charge in [-0.15, -0.1) is 0 Å². The first-order valence-corrected chi connectivity index (χ1v) is 11.1. The van der Waals surface area contributed by atoms with Crippen LogP contribution in [0.3, 0.4) is 0 Å². The van der Waals surface area contributed by atoms with E-state index >= 15 is 0 Å². The number of benzene rings is 2. The molecule has 3 N–H and O–H groups in total. The molecule has 0 unspecified atom stereocenters. The highest BCUT2D eigenvalue weighted by molar-refractivity contribution is 5.91. The van der Waals surface area contributed by atoms with Crippen LogP contribution in [0.15, 0.2) is 65.6 Å². The minimum absolute atomic E-state index is 0.102. The van der Waals surface area contributed by atoms with E-state index in [4.69, 9.17) is 9.15 Å². The molecule has 1 aliphatic rings. The largest absolute Gasteiger partial charge is 0.480 e. The van der Waals surface area contributed by atoms with E-state index in [-0.39, 0.29) is 30.5 Å². The molecule has 2 amide bonds. The van der Waals surface area contributed by atoms with Crippen LogP contribution in [0.1, 0.15) is 46.8 Å². The molecule has 0 saturated heterocycles. The number of carboxylic acid groups (broad SMARTS) is 1. The van der Waals surface area contributed by atoms with E-state index in [1.807, 2.05) is 48.5 Å². The molecule has 0 spiro atoms. The second kappa shape index (κ2) is 10.7. The number of carboxylic acids is 1. The predicted octanol–water partition coefficient (Wildman–Crippen LogP) is 3.57. The molecule has 2 aromatic carbocycles. The van der Waals surface area contributed by atoms with Crippen LogP contribution in [-0.2, 0) is 9.53 Å². The number of fused-ring (bicyclic) bond motifs is 3. The summed E-state index contributed by atoms with van der Waals surface area (Å²) < 4.78 is 10.2. The number of alkyl carbamates (subject to hydrolysis) is 1. The van der Waals surface area contributed by atoms with E-state index in [9.17, 15) is 19.5 Å². The molecule has 34 heavy (non-hydrogen) atoms. The summed E-state index contributed by atoms with van der Waals surface area (Å²) >= 11 is 0. The van der Waals surface area contributed by atoms with E-state index in [2.05, 4.69) is 15.6 Å². The first-order valence-electron chi connectivity index (χ1n) is 11.1. The maximum absolute atomic E-state index is 12.4. The minimum atomic E-state index is -1.14. The molecule has 1 aromatic heterocycles. The molecule has 4 rings (SSSR count). The number of carbonyl (C=O) groups excluding carboxylic acids is 2. The number of oxazole rings is 1. The van der Waals surface area contributed by atoms with Crippen LogP contribution in [0.25, 0.3) is 11.1 Å². The molecule has 0 fully saturated rings. The zero-order valence-electron chi connectivity index (χ0n) is 18.4. The number of aliphatic carboxylic acids is 1. The number of amides is 2. The van der Waals surface area contributed by atoms with Gasteiger partial charge < -0.3 is 24.9 Å². The Balaban J connectivity index is 1.24. The third-order valence-corrected chi connectivity index (χ3v) is 5.80. The standard InChI is InChI=1S/C25H25N3O6/c29-23(22-14-33-15-27-22)26-12-6-5-11-21(24(30)31)28-25(32)34-13-20-18-9-3-1-7-16(18)17-8-2-4-10-19(17)20/h1-4,7-10,14-15,20-21H,5-6,11-13H2,(H,26,29)(H,28,32)(H,30,31)/t21-/m0/s1. The molecular formula is C25H25N3O6. The predicted molar refractivity (Wildman–Crippen MR) is 122 cm³/mol. The van der Waals surface area contributed by atoms with Crippen molar-refractivity contribution in [2.24, 2.45) is 0 Å². The summed E-state index contributed by atoms with van der Waals surface area (Å²) in [5.74, 6) is -1.60. The summed E-state index contributed by atoms with van der Waals surface area (Å²) in [5.41, 5.74) is 4.58. The van der Waals surface area contributed by atoms with Crippen LogP contribution in [-0.4, -0.2) is 47.3 Å². The van der Waals surface area contributed by atoms with E-state index in [0.717, 1.165) is 22.3 Å². The van der Waals surface area contributed by atoms with Crippen molar-refractivity contribution in [3.8, 4) is 11.1 Å². The van der Waals surface area contributed by atoms with E-state index in [1.54, 1.807) is 0 Å². The highest BCUT2D eigenvalue weighted by Crippen LogP contribution is 2.44. The number of hydrogen-bond acceptors (Lipinski definition) is 6. The summed E-state index contributed by atoms with van der Waals surface area (Å²) in [7, 11) is 0. The van der Waals surface area contributed by atoms with E-state index in [0.29, 0.717) is 19.4 Å². The van der Waals surface area contributed by atoms with Gasteiger partial charge in [0, 0.05) is 12.5 Å². The second-order valence-corrected chi connectivity index (χ2v) is 7.99. The summed E-state index contributed by atoms with van der Waals surface area (Å²) in [6.07, 6.45) is 2.88. The first-order chi connectivity index (χ1) is 16.5. The summed E-state index contributed by atoms with van der Waals surface area (Å²) in [5, 5.41) is 14.6. The average molecular weight is 463 g/mol. The van der Waals surface area contributed by atoms with Gasteiger partial charge in [0.05, 0.1) is 0 Å². The molecule has 9 nitrogen and oxygen atoms in total. The molecule has 0 aliphatic heterocycles.